The predicted octanol–water partition coefficient (Wildman–Crippen LogP) is 4.41. The van der Waals surface area contributed by atoms with E-state index in [1.165, 1.54) is 30.5 Å². The van der Waals surface area contributed by atoms with Crippen LogP contribution in [-0.2, 0) is 6.42 Å². The van der Waals surface area contributed by atoms with Crippen molar-refractivity contribution in [3.63, 3.8) is 0 Å². The van der Waals surface area contributed by atoms with E-state index in [0.717, 1.165) is 18.8 Å². The van der Waals surface area contributed by atoms with Crippen molar-refractivity contribution in [3.8, 4) is 0 Å². The number of benzene rings is 1. The second kappa shape index (κ2) is 5.18. The van der Waals surface area contributed by atoms with Gasteiger partial charge in [0.25, 0.3) is 0 Å². The maximum absolute atomic E-state index is 12.8. The molecule has 0 amide bonds. The molecule has 2 rings (SSSR count). The Morgan fingerprint density at radius 1 is 1.25 bits per heavy atom. The van der Waals surface area contributed by atoms with Crippen LogP contribution in [0.1, 0.15) is 31.7 Å². The first kappa shape index (κ1) is 11.9. The highest BCUT2D eigenvalue weighted by Crippen LogP contribution is 2.34. The SMILES string of the molecule is CC1CCC(Cl)C(Cc2ccc(F)cc2)C1. The molecule has 0 heterocycles. The van der Waals surface area contributed by atoms with E-state index in [1.54, 1.807) is 0 Å². The summed E-state index contributed by atoms with van der Waals surface area (Å²) in [7, 11) is 0. The number of hydrogen-bond acceptors (Lipinski definition) is 0. The van der Waals surface area contributed by atoms with Crippen molar-refractivity contribution < 1.29 is 4.39 Å². The number of rotatable bonds is 2. The third-order valence-electron chi connectivity index (χ3n) is 3.56. The number of hydrogen-bond donors (Lipinski definition) is 0. The second-order valence-corrected chi connectivity index (χ2v) is 5.59. The lowest BCUT2D eigenvalue weighted by molar-refractivity contribution is 0.287. The molecule has 0 saturated heterocycles. The molecule has 1 aromatic carbocycles. The maximum Gasteiger partial charge on any atom is 0.123 e. The van der Waals surface area contributed by atoms with Gasteiger partial charge in [-0.1, -0.05) is 19.1 Å². The molecule has 1 saturated carbocycles. The Bertz CT molecular complexity index is 333. The molecule has 0 nitrogen and oxygen atoms in total. The molecule has 1 aromatic rings. The smallest absolute Gasteiger partial charge is 0.123 e. The lowest BCUT2D eigenvalue weighted by atomic mass is 9.79. The van der Waals surface area contributed by atoms with E-state index < -0.39 is 0 Å². The van der Waals surface area contributed by atoms with Gasteiger partial charge in [-0.25, -0.2) is 4.39 Å². The van der Waals surface area contributed by atoms with Gasteiger partial charge < -0.3 is 0 Å². The molecule has 1 aliphatic carbocycles. The van der Waals surface area contributed by atoms with Gasteiger partial charge in [-0.2, -0.15) is 0 Å². The first-order valence-electron chi connectivity index (χ1n) is 6.03. The molecule has 0 spiro atoms. The first-order chi connectivity index (χ1) is 7.65. The molecule has 0 bridgehead atoms. The topological polar surface area (TPSA) is 0 Å². The summed E-state index contributed by atoms with van der Waals surface area (Å²) in [5, 5.41) is 0.293. The lowest BCUT2D eigenvalue weighted by Gasteiger charge is -2.31. The van der Waals surface area contributed by atoms with E-state index in [4.69, 9.17) is 11.6 Å². The summed E-state index contributed by atoms with van der Waals surface area (Å²) in [6.07, 6.45) is 4.55. The number of alkyl halides is 1. The van der Waals surface area contributed by atoms with Crippen molar-refractivity contribution in [1.82, 2.24) is 0 Å². The predicted molar refractivity (Wildman–Crippen MR) is 66.3 cm³/mol. The van der Waals surface area contributed by atoms with Crippen LogP contribution < -0.4 is 0 Å². The Labute approximate surface area is 102 Å². The van der Waals surface area contributed by atoms with Crippen molar-refractivity contribution in [1.29, 1.82) is 0 Å². The minimum Gasteiger partial charge on any atom is -0.207 e. The van der Waals surface area contributed by atoms with Crippen LogP contribution in [0.2, 0.25) is 0 Å². The molecule has 1 aliphatic rings. The van der Waals surface area contributed by atoms with Crippen LogP contribution in [0.25, 0.3) is 0 Å². The van der Waals surface area contributed by atoms with E-state index in [0.29, 0.717) is 11.3 Å². The zero-order valence-corrected chi connectivity index (χ0v) is 10.4. The van der Waals surface area contributed by atoms with Gasteiger partial charge in [0.2, 0.25) is 0 Å². The van der Waals surface area contributed by atoms with E-state index in [-0.39, 0.29) is 5.82 Å². The third-order valence-corrected chi connectivity index (χ3v) is 4.14. The molecule has 88 valence electrons. The number of halogens is 2. The second-order valence-electron chi connectivity index (χ2n) is 5.02. The molecule has 1 fully saturated rings. The van der Waals surface area contributed by atoms with Crippen LogP contribution in [0, 0.1) is 17.7 Å². The zero-order valence-electron chi connectivity index (χ0n) is 9.63. The normalized spacial score (nSPS) is 30.3. The molecule has 0 aromatic heterocycles. The van der Waals surface area contributed by atoms with E-state index in [2.05, 4.69) is 6.92 Å². The van der Waals surface area contributed by atoms with Crippen LogP contribution >= 0.6 is 11.6 Å². The highest BCUT2D eigenvalue weighted by Gasteiger charge is 2.26. The fourth-order valence-corrected chi connectivity index (χ4v) is 2.91. The van der Waals surface area contributed by atoms with Gasteiger partial charge in [-0.3, -0.25) is 0 Å². The lowest BCUT2D eigenvalue weighted by Crippen LogP contribution is -2.25. The van der Waals surface area contributed by atoms with Gasteiger partial charge >= 0.3 is 0 Å². The minimum atomic E-state index is -0.164. The Balaban J connectivity index is 2.00. The molecular formula is C14H18ClF. The van der Waals surface area contributed by atoms with Crippen LogP contribution in [0.3, 0.4) is 0 Å². The van der Waals surface area contributed by atoms with Gasteiger partial charge in [0, 0.05) is 5.38 Å². The summed E-state index contributed by atoms with van der Waals surface area (Å²) >= 11 is 6.36. The molecule has 0 N–H and O–H groups in total. The molecular weight excluding hydrogens is 223 g/mol. The van der Waals surface area contributed by atoms with Crippen molar-refractivity contribution in [2.75, 3.05) is 0 Å². The Kier molecular flexibility index (Phi) is 3.86. The van der Waals surface area contributed by atoms with E-state index in [1.807, 2.05) is 12.1 Å². The maximum atomic E-state index is 12.8. The summed E-state index contributed by atoms with van der Waals surface area (Å²) in [6.45, 7) is 2.29. The van der Waals surface area contributed by atoms with E-state index in [9.17, 15) is 4.39 Å². The minimum absolute atomic E-state index is 0.164. The molecule has 0 aliphatic heterocycles. The fraction of sp³-hybridized carbons (Fsp3) is 0.571. The first-order valence-corrected chi connectivity index (χ1v) is 6.47. The monoisotopic (exact) mass is 240 g/mol. The zero-order chi connectivity index (χ0) is 11.5. The highest BCUT2D eigenvalue weighted by molar-refractivity contribution is 6.20. The van der Waals surface area contributed by atoms with Crippen LogP contribution in [-0.4, -0.2) is 5.38 Å². The van der Waals surface area contributed by atoms with Crippen LogP contribution in [0.15, 0.2) is 24.3 Å². The van der Waals surface area contributed by atoms with Crippen molar-refractivity contribution >= 4 is 11.6 Å². The average Bonchev–Trinajstić information content (AvgIpc) is 2.27. The Hall–Kier alpha value is -0.560. The third kappa shape index (κ3) is 2.98. The Morgan fingerprint density at radius 2 is 1.94 bits per heavy atom. The largest absolute Gasteiger partial charge is 0.207 e. The summed E-state index contributed by atoms with van der Waals surface area (Å²) in [6, 6.07) is 6.81. The quantitative estimate of drug-likeness (QED) is 0.672. The Morgan fingerprint density at radius 3 is 2.62 bits per heavy atom. The fourth-order valence-electron chi connectivity index (χ4n) is 2.60. The van der Waals surface area contributed by atoms with Crippen LogP contribution in [0.5, 0.6) is 0 Å². The van der Waals surface area contributed by atoms with Gasteiger partial charge in [0.15, 0.2) is 0 Å². The van der Waals surface area contributed by atoms with E-state index >= 15 is 0 Å². The molecule has 16 heavy (non-hydrogen) atoms. The van der Waals surface area contributed by atoms with Gasteiger partial charge in [-0.05, 0) is 55.2 Å². The summed E-state index contributed by atoms with van der Waals surface area (Å²) in [4.78, 5) is 0. The molecule has 3 unspecified atom stereocenters. The summed E-state index contributed by atoms with van der Waals surface area (Å²) in [5.41, 5.74) is 1.20. The standard InChI is InChI=1S/C14H18ClF/c1-10-2-7-14(15)12(8-10)9-11-3-5-13(16)6-4-11/h3-6,10,12,14H,2,7-9H2,1H3. The highest BCUT2D eigenvalue weighted by atomic mass is 35.5. The van der Waals surface area contributed by atoms with Crippen molar-refractivity contribution in [2.24, 2.45) is 11.8 Å². The van der Waals surface area contributed by atoms with Gasteiger partial charge in [0.1, 0.15) is 5.82 Å². The molecule has 0 radical (unpaired) electrons. The van der Waals surface area contributed by atoms with Crippen molar-refractivity contribution in [3.05, 3.63) is 35.6 Å². The summed E-state index contributed by atoms with van der Waals surface area (Å²) in [5.74, 6) is 1.17. The summed E-state index contributed by atoms with van der Waals surface area (Å²) < 4.78 is 12.8. The molecule has 3 atom stereocenters. The van der Waals surface area contributed by atoms with Gasteiger partial charge in [-0.15, -0.1) is 11.6 Å². The molecule has 2 heteroatoms. The average molecular weight is 241 g/mol. The van der Waals surface area contributed by atoms with Gasteiger partial charge in [0.05, 0.1) is 0 Å². The van der Waals surface area contributed by atoms with Crippen molar-refractivity contribution in [2.45, 2.75) is 38.0 Å². The van der Waals surface area contributed by atoms with Crippen LogP contribution in [0.4, 0.5) is 4.39 Å².